The summed E-state index contributed by atoms with van der Waals surface area (Å²) in [6.07, 6.45) is 3.82. The highest BCUT2D eigenvalue weighted by Gasteiger charge is 2.03. The standard InChI is InChI=1S/C17H18F2/c1-2-3-13-4-6-14(7-5-13)8-9-15-10-11-16(18)17(19)12-15/h4-7,10-12H,2-3,8-9H2,1H3. The quantitative estimate of drug-likeness (QED) is 0.730. The number of hydrogen-bond donors (Lipinski definition) is 0. The lowest BCUT2D eigenvalue weighted by molar-refractivity contribution is 0.507. The molecule has 0 nitrogen and oxygen atoms in total. The lowest BCUT2D eigenvalue weighted by Gasteiger charge is -2.04. The molecule has 0 saturated carbocycles. The van der Waals surface area contributed by atoms with Crippen molar-refractivity contribution >= 4 is 0 Å². The summed E-state index contributed by atoms with van der Waals surface area (Å²) >= 11 is 0. The van der Waals surface area contributed by atoms with E-state index in [1.54, 1.807) is 6.07 Å². The Bertz CT molecular complexity index is 529. The fourth-order valence-electron chi connectivity index (χ4n) is 2.15. The van der Waals surface area contributed by atoms with Crippen LogP contribution in [0.15, 0.2) is 42.5 Å². The predicted octanol–water partition coefficient (Wildman–Crippen LogP) is 4.70. The fraction of sp³-hybridized carbons (Fsp3) is 0.294. The maximum atomic E-state index is 13.1. The van der Waals surface area contributed by atoms with E-state index in [9.17, 15) is 8.78 Å². The highest BCUT2D eigenvalue weighted by Crippen LogP contribution is 2.13. The maximum absolute atomic E-state index is 13.1. The van der Waals surface area contributed by atoms with Crippen molar-refractivity contribution in [2.45, 2.75) is 32.6 Å². The summed E-state index contributed by atoms with van der Waals surface area (Å²) in [5.41, 5.74) is 3.40. The summed E-state index contributed by atoms with van der Waals surface area (Å²) in [4.78, 5) is 0. The third kappa shape index (κ3) is 3.88. The second kappa shape index (κ2) is 6.46. The third-order valence-corrected chi connectivity index (χ3v) is 3.25. The lowest BCUT2D eigenvalue weighted by Crippen LogP contribution is -1.94. The van der Waals surface area contributed by atoms with Gasteiger partial charge in [0.15, 0.2) is 11.6 Å². The number of aryl methyl sites for hydroxylation is 3. The minimum absolute atomic E-state index is 0.727. The first kappa shape index (κ1) is 13.7. The molecule has 0 aromatic heterocycles. The third-order valence-electron chi connectivity index (χ3n) is 3.25. The largest absolute Gasteiger partial charge is 0.204 e. The van der Waals surface area contributed by atoms with Crippen molar-refractivity contribution in [3.8, 4) is 0 Å². The summed E-state index contributed by atoms with van der Waals surface area (Å²) < 4.78 is 25.9. The van der Waals surface area contributed by atoms with Crippen LogP contribution >= 0.6 is 0 Å². The van der Waals surface area contributed by atoms with Gasteiger partial charge in [-0.15, -0.1) is 0 Å². The molecular weight excluding hydrogens is 242 g/mol. The maximum Gasteiger partial charge on any atom is 0.159 e. The van der Waals surface area contributed by atoms with Gasteiger partial charge in [0.25, 0.3) is 0 Å². The van der Waals surface area contributed by atoms with Gasteiger partial charge in [-0.3, -0.25) is 0 Å². The molecule has 0 spiro atoms. The Balaban J connectivity index is 1.96. The van der Waals surface area contributed by atoms with Gasteiger partial charge in [0.05, 0.1) is 0 Å². The molecule has 100 valence electrons. The van der Waals surface area contributed by atoms with Crippen LogP contribution in [0, 0.1) is 11.6 Å². The average molecular weight is 260 g/mol. The number of benzene rings is 2. The predicted molar refractivity (Wildman–Crippen MR) is 74.2 cm³/mol. The zero-order valence-electron chi connectivity index (χ0n) is 11.1. The summed E-state index contributed by atoms with van der Waals surface area (Å²) in [6, 6.07) is 12.6. The minimum atomic E-state index is -0.785. The second-order valence-corrected chi connectivity index (χ2v) is 4.81. The number of hydrogen-bond acceptors (Lipinski definition) is 0. The van der Waals surface area contributed by atoms with Gasteiger partial charge in [0, 0.05) is 0 Å². The van der Waals surface area contributed by atoms with Crippen LogP contribution in [-0.2, 0) is 19.3 Å². The van der Waals surface area contributed by atoms with Crippen molar-refractivity contribution < 1.29 is 8.78 Å². The SMILES string of the molecule is CCCc1ccc(CCc2ccc(F)c(F)c2)cc1. The molecule has 2 rings (SSSR count). The van der Waals surface area contributed by atoms with Crippen LogP contribution in [0.3, 0.4) is 0 Å². The molecule has 0 fully saturated rings. The van der Waals surface area contributed by atoms with Gasteiger partial charge in [0.1, 0.15) is 0 Å². The van der Waals surface area contributed by atoms with E-state index in [0.29, 0.717) is 0 Å². The molecule has 0 radical (unpaired) electrons. The molecule has 0 atom stereocenters. The molecule has 0 bridgehead atoms. The topological polar surface area (TPSA) is 0 Å². The van der Waals surface area contributed by atoms with Crippen molar-refractivity contribution in [1.29, 1.82) is 0 Å². The Kier molecular flexibility index (Phi) is 4.67. The van der Waals surface area contributed by atoms with Gasteiger partial charge in [0.2, 0.25) is 0 Å². The second-order valence-electron chi connectivity index (χ2n) is 4.81. The molecule has 2 aromatic carbocycles. The summed E-state index contributed by atoms with van der Waals surface area (Å²) in [7, 11) is 0. The van der Waals surface area contributed by atoms with E-state index in [2.05, 4.69) is 31.2 Å². The molecule has 19 heavy (non-hydrogen) atoms. The van der Waals surface area contributed by atoms with Crippen LogP contribution in [-0.4, -0.2) is 0 Å². The van der Waals surface area contributed by atoms with E-state index in [0.717, 1.165) is 31.2 Å². The molecule has 2 aromatic rings. The smallest absolute Gasteiger partial charge is 0.159 e. The van der Waals surface area contributed by atoms with Gasteiger partial charge >= 0.3 is 0 Å². The van der Waals surface area contributed by atoms with E-state index < -0.39 is 11.6 Å². The lowest BCUT2D eigenvalue weighted by atomic mass is 10.0. The van der Waals surface area contributed by atoms with E-state index >= 15 is 0 Å². The van der Waals surface area contributed by atoms with Crippen molar-refractivity contribution in [2.24, 2.45) is 0 Å². The van der Waals surface area contributed by atoms with Gasteiger partial charge in [-0.05, 0) is 48.1 Å². The van der Waals surface area contributed by atoms with Gasteiger partial charge < -0.3 is 0 Å². The molecule has 0 N–H and O–H groups in total. The molecule has 0 amide bonds. The van der Waals surface area contributed by atoms with Crippen LogP contribution in [0.25, 0.3) is 0 Å². The van der Waals surface area contributed by atoms with Gasteiger partial charge in [-0.25, -0.2) is 8.78 Å². The van der Waals surface area contributed by atoms with Crippen LogP contribution in [0.4, 0.5) is 8.78 Å². The summed E-state index contributed by atoms with van der Waals surface area (Å²) in [5.74, 6) is -1.55. The number of rotatable bonds is 5. The van der Waals surface area contributed by atoms with Crippen molar-refractivity contribution in [2.75, 3.05) is 0 Å². The van der Waals surface area contributed by atoms with Gasteiger partial charge in [-0.1, -0.05) is 43.7 Å². The van der Waals surface area contributed by atoms with Crippen LogP contribution in [0.1, 0.15) is 30.0 Å². The zero-order valence-corrected chi connectivity index (χ0v) is 11.1. The molecule has 0 heterocycles. The fourth-order valence-corrected chi connectivity index (χ4v) is 2.15. The Morgan fingerprint density at radius 1 is 0.684 bits per heavy atom. The first-order chi connectivity index (χ1) is 9.19. The normalized spacial score (nSPS) is 10.7. The van der Waals surface area contributed by atoms with E-state index in [4.69, 9.17) is 0 Å². The van der Waals surface area contributed by atoms with Crippen LogP contribution in [0.5, 0.6) is 0 Å². The van der Waals surface area contributed by atoms with Crippen molar-refractivity contribution in [3.63, 3.8) is 0 Å². The highest BCUT2D eigenvalue weighted by atomic mass is 19.2. The molecule has 0 aliphatic carbocycles. The minimum Gasteiger partial charge on any atom is -0.204 e. The Morgan fingerprint density at radius 3 is 1.79 bits per heavy atom. The van der Waals surface area contributed by atoms with E-state index in [1.165, 1.54) is 23.3 Å². The van der Waals surface area contributed by atoms with Crippen molar-refractivity contribution in [3.05, 3.63) is 70.8 Å². The molecule has 0 saturated heterocycles. The summed E-state index contributed by atoms with van der Waals surface area (Å²) in [6.45, 7) is 2.16. The van der Waals surface area contributed by atoms with Crippen LogP contribution < -0.4 is 0 Å². The first-order valence-corrected chi connectivity index (χ1v) is 6.71. The van der Waals surface area contributed by atoms with Crippen LogP contribution in [0.2, 0.25) is 0 Å². The Hall–Kier alpha value is -1.70. The average Bonchev–Trinajstić information content (AvgIpc) is 2.42. The zero-order chi connectivity index (χ0) is 13.7. The molecular formula is C17H18F2. The van der Waals surface area contributed by atoms with Crippen molar-refractivity contribution in [1.82, 2.24) is 0 Å². The van der Waals surface area contributed by atoms with E-state index in [1.807, 2.05) is 0 Å². The molecule has 0 unspecified atom stereocenters. The molecule has 0 aliphatic heterocycles. The molecule has 2 heteroatoms. The Morgan fingerprint density at radius 2 is 1.21 bits per heavy atom. The highest BCUT2D eigenvalue weighted by molar-refractivity contribution is 5.25. The Labute approximate surface area is 113 Å². The van der Waals surface area contributed by atoms with Gasteiger partial charge in [-0.2, -0.15) is 0 Å². The first-order valence-electron chi connectivity index (χ1n) is 6.71. The summed E-state index contributed by atoms with van der Waals surface area (Å²) in [5, 5.41) is 0. The number of halogens is 2. The molecule has 0 aliphatic rings. The monoisotopic (exact) mass is 260 g/mol. The van der Waals surface area contributed by atoms with E-state index in [-0.39, 0.29) is 0 Å².